The third kappa shape index (κ3) is 3.58. The molecule has 1 aliphatic carbocycles. The molecule has 1 saturated carbocycles. The lowest BCUT2D eigenvalue weighted by Crippen LogP contribution is -2.15. The average molecular weight is 245 g/mol. The molecule has 0 bridgehead atoms. The number of hydrogen-bond acceptors (Lipinski definition) is 1. The van der Waals surface area contributed by atoms with Crippen LogP contribution in [-0.2, 0) is 0 Å². The number of rotatable bonds is 4. The Labute approximate surface area is 112 Å². The lowest BCUT2D eigenvalue weighted by atomic mass is 9.84. The molecular formula is C17H27N. The second-order valence-electron chi connectivity index (χ2n) is 6.05. The van der Waals surface area contributed by atoms with Gasteiger partial charge in [-0.1, -0.05) is 55.9 Å². The van der Waals surface area contributed by atoms with E-state index in [9.17, 15) is 0 Å². The van der Waals surface area contributed by atoms with E-state index in [0.29, 0.717) is 0 Å². The van der Waals surface area contributed by atoms with E-state index in [0.717, 1.165) is 12.3 Å². The van der Waals surface area contributed by atoms with Gasteiger partial charge in [0, 0.05) is 6.04 Å². The molecule has 0 radical (unpaired) electrons. The lowest BCUT2D eigenvalue weighted by Gasteiger charge is -2.23. The summed E-state index contributed by atoms with van der Waals surface area (Å²) in [4.78, 5) is 0. The van der Waals surface area contributed by atoms with Crippen LogP contribution < -0.4 is 5.73 Å². The predicted molar refractivity (Wildman–Crippen MR) is 78.7 cm³/mol. The van der Waals surface area contributed by atoms with E-state index in [2.05, 4.69) is 32.0 Å². The van der Waals surface area contributed by atoms with E-state index >= 15 is 0 Å². The molecule has 0 amide bonds. The van der Waals surface area contributed by atoms with Gasteiger partial charge in [-0.05, 0) is 43.7 Å². The quantitative estimate of drug-likeness (QED) is 0.820. The molecule has 1 aromatic rings. The second-order valence-corrected chi connectivity index (χ2v) is 6.05. The van der Waals surface area contributed by atoms with E-state index in [4.69, 9.17) is 5.73 Å². The molecule has 1 fully saturated rings. The Balaban J connectivity index is 1.90. The van der Waals surface area contributed by atoms with Gasteiger partial charge >= 0.3 is 0 Å². The SMILES string of the molecule is Cc1ccc(C)c(C(N)CCC2CCCCC2)c1. The summed E-state index contributed by atoms with van der Waals surface area (Å²) in [6, 6.07) is 6.87. The van der Waals surface area contributed by atoms with Crippen molar-refractivity contribution in [2.75, 3.05) is 0 Å². The van der Waals surface area contributed by atoms with E-state index in [-0.39, 0.29) is 6.04 Å². The third-order valence-corrected chi connectivity index (χ3v) is 4.44. The highest BCUT2D eigenvalue weighted by atomic mass is 14.6. The van der Waals surface area contributed by atoms with Gasteiger partial charge in [-0.2, -0.15) is 0 Å². The maximum atomic E-state index is 6.38. The minimum Gasteiger partial charge on any atom is -0.324 e. The van der Waals surface area contributed by atoms with Crippen LogP contribution >= 0.6 is 0 Å². The van der Waals surface area contributed by atoms with Gasteiger partial charge in [-0.3, -0.25) is 0 Å². The zero-order valence-electron chi connectivity index (χ0n) is 11.9. The molecule has 100 valence electrons. The standard InChI is InChI=1S/C17H27N/c1-13-8-9-14(2)16(12-13)17(18)11-10-15-6-4-3-5-7-15/h8-9,12,15,17H,3-7,10-11,18H2,1-2H3. The van der Waals surface area contributed by atoms with E-state index in [1.165, 1.54) is 55.2 Å². The highest BCUT2D eigenvalue weighted by Crippen LogP contribution is 2.30. The molecular weight excluding hydrogens is 218 g/mol. The first-order valence-electron chi connectivity index (χ1n) is 7.49. The minimum absolute atomic E-state index is 0.229. The molecule has 0 heterocycles. The Hall–Kier alpha value is -0.820. The molecule has 2 N–H and O–H groups in total. The van der Waals surface area contributed by atoms with E-state index < -0.39 is 0 Å². The van der Waals surface area contributed by atoms with Gasteiger partial charge in [0.1, 0.15) is 0 Å². The van der Waals surface area contributed by atoms with Crippen LogP contribution in [0.3, 0.4) is 0 Å². The first kappa shape index (κ1) is 13.6. The zero-order valence-corrected chi connectivity index (χ0v) is 11.9. The molecule has 0 aromatic heterocycles. The van der Waals surface area contributed by atoms with Gasteiger partial charge < -0.3 is 5.73 Å². The largest absolute Gasteiger partial charge is 0.324 e. The first-order valence-corrected chi connectivity index (χ1v) is 7.49. The third-order valence-electron chi connectivity index (χ3n) is 4.44. The molecule has 1 heteroatoms. The molecule has 0 aliphatic heterocycles. The monoisotopic (exact) mass is 245 g/mol. The van der Waals surface area contributed by atoms with Gasteiger partial charge in [0.2, 0.25) is 0 Å². The first-order chi connectivity index (χ1) is 8.66. The van der Waals surface area contributed by atoms with Gasteiger partial charge in [-0.25, -0.2) is 0 Å². The van der Waals surface area contributed by atoms with Crippen molar-refractivity contribution in [3.8, 4) is 0 Å². The Kier molecular flexibility index (Phi) is 4.82. The summed E-state index contributed by atoms with van der Waals surface area (Å²) in [7, 11) is 0. The van der Waals surface area contributed by atoms with Gasteiger partial charge in [0.25, 0.3) is 0 Å². The van der Waals surface area contributed by atoms with Gasteiger partial charge in [0.05, 0.1) is 0 Å². The fraction of sp³-hybridized carbons (Fsp3) is 0.647. The topological polar surface area (TPSA) is 26.0 Å². The second kappa shape index (κ2) is 6.38. The summed E-state index contributed by atoms with van der Waals surface area (Å²) < 4.78 is 0. The van der Waals surface area contributed by atoms with Crippen LogP contribution in [-0.4, -0.2) is 0 Å². The van der Waals surface area contributed by atoms with E-state index in [1.54, 1.807) is 0 Å². The number of aryl methyl sites for hydroxylation is 2. The van der Waals surface area contributed by atoms with Gasteiger partial charge in [0.15, 0.2) is 0 Å². The van der Waals surface area contributed by atoms with Crippen LogP contribution in [0.1, 0.15) is 67.7 Å². The van der Waals surface area contributed by atoms with Crippen molar-refractivity contribution in [3.05, 3.63) is 34.9 Å². The summed E-state index contributed by atoms with van der Waals surface area (Å²) in [6.07, 6.45) is 9.63. The number of nitrogens with two attached hydrogens (primary N) is 1. The minimum atomic E-state index is 0.229. The van der Waals surface area contributed by atoms with Crippen LogP contribution in [0.4, 0.5) is 0 Å². The van der Waals surface area contributed by atoms with Crippen molar-refractivity contribution in [1.29, 1.82) is 0 Å². The van der Waals surface area contributed by atoms with E-state index in [1.807, 2.05) is 0 Å². The summed E-state index contributed by atoms with van der Waals surface area (Å²) in [6.45, 7) is 4.33. The van der Waals surface area contributed by atoms with Crippen molar-refractivity contribution in [2.24, 2.45) is 11.7 Å². The molecule has 2 rings (SSSR count). The summed E-state index contributed by atoms with van der Waals surface area (Å²) in [5.74, 6) is 0.940. The lowest BCUT2D eigenvalue weighted by molar-refractivity contribution is 0.324. The van der Waals surface area contributed by atoms with Crippen molar-refractivity contribution in [2.45, 2.75) is 64.8 Å². The summed E-state index contributed by atoms with van der Waals surface area (Å²) in [5, 5.41) is 0. The maximum Gasteiger partial charge on any atom is 0.0297 e. The maximum absolute atomic E-state index is 6.38. The van der Waals surface area contributed by atoms with Crippen molar-refractivity contribution in [1.82, 2.24) is 0 Å². The smallest absolute Gasteiger partial charge is 0.0297 e. The summed E-state index contributed by atoms with van der Waals surface area (Å²) >= 11 is 0. The Bertz CT molecular complexity index is 377. The summed E-state index contributed by atoms with van der Waals surface area (Å²) in [5.41, 5.74) is 10.4. The van der Waals surface area contributed by atoms with Crippen molar-refractivity contribution >= 4 is 0 Å². The van der Waals surface area contributed by atoms with Crippen molar-refractivity contribution in [3.63, 3.8) is 0 Å². The Morgan fingerprint density at radius 2 is 1.89 bits per heavy atom. The zero-order chi connectivity index (χ0) is 13.0. The molecule has 1 unspecified atom stereocenters. The molecule has 18 heavy (non-hydrogen) atoms. The molecule has 1 aromatic carbocycles. The van der Waals surface area contributed by atoms with Crippen LogP contribution in [0.25, 0.3) is 0 Å². The molecule has 0 spiro atoms. The normalized spacial score (nSPS) is 18.8. The highest BCUT2D eigenvalue weighted by molar-refractivity contribution is 5.32. The highest BCUT2D eigenvalue weighted by Gasteiger charge is 2.16. The predicted octanol–water partition coefficient (Wildman–Crippen LogP) is 4.66. The fourth-order valence-electron chi connectivity index (χ4n) is 3.21. The molecule has 1 atom stereocenters. The average Bonchev–Trinajstić information content (AvgIpc) is 2.40. The Morgan fingerprint density at radius 3 is 2.61 bits per heavy atom. The molecule has 0 saturated heterocycles. The Morgan fingerprint density at radius 1 is 1.17 bits per heavy atom. The fourth-order valence-corrected chi connectivity index (χ4v) is 3.21. The van der Waals surface area contributed by atoms with Crippen LogP contribution in [0, 0.1) is 19.8 Å². The van der Waals surface area contributed by atoms with Crippen LogP contribution in [0.5, 0.6) is 0 Å². The van der Waals surface area contributed by atoms with Crippen LogP contribution in [0.15, 0.2) is 18.2 Å². The van der Waals surface area contributed by atoms with Crippen LogP contribution in [0.2, 0.25) is 0 Å². The number of hydrogen-bond donors (Lipinski definition) is 1. The molecule has 1 nitrogen and oxygen atoms in total. The molecule has 1 aliphatic rings. The van der Waals surface area contributed by atoms with Crippen molar-refractivity contribution < 1.29 is 0 Å². The number of benzene rings is 1. The van der Waals surface area contributed by atoms with Gasteiger partial charge in [-0.15, -0.1) is 0 Å².